The minimum absolute atomic E-state index is 0.0630. The monoisotopic (exact) mass is 423 g/mol. The molecule has 0 bridgehead atoms. The fourth-order valence-electron chi connectivity index (χ4n) is 3.22. The van der Waals surface area contributed by atoms with Gasteiger partial charge in [-0.2, -0.15) is 0 Å². The maximum absolute atomic E-state index is 13.1. The van der Waals surface area contributed by atoms with Crippen molar-refractivity contribution in [2.75, 3.05) is 25.0 Å². The number of thiophene rings is 1. The molecule has 6 nitrogen and oxygen atoms in total. The van der Waals surface area contributed by atoms with Crippen molar-refractivity contribution in [3.05, 3.63) is 46.0 Å². The lowest BCUT2D eigenvalue weighted by Crippen LogP contribution is -2.56. The van der Waals surface area contributed by atoms with E-state index in [1.165, 1.54) is 29.5 Å². The molecule has 0 unspecified atom stereocenters. The summed E-state index contributed by atoms with van der Waals surface area (Å²) in [6.07, 6.45) is 1.64. The summed E-state index contributed by atoms with van der Waals surface area (Å²) in [5, 5.41) is 6.88. The Bertz CT molecular complexity index is 894. The molecule has 2 aliphatic rings. The molecule has 2 saturated heterocycles. The van der Waals surface area contributed by atoms with Crippen LogP contribution < -0.4 is 15.4 Å². The Hall–Kier alpha value is -2.16. The van der Waals surface area contributed by atoms with Crippen LogP contribution in [0, 0.1) is 5.82 Å². The number of benzene rings is 1. The Kier molecular flexibility index (Phi) is 5.52. The quantitative estimate of drug-likeness (QED) is 0.775. The van der Waals surface area contributed by atoms with Gasteiger partial charge in [0.1, 0.15) is 17.7 Å². The highest BCUT2D eigenvalue weighted by molar-refractivity contribution is 7.18. The highest BCUT2D eigenvalue weighted by atomic mass is 35.5. The first-order chi connectivity index (χ1) is 13.5. The molecule has 148 valence electrons. The second-order valence-electron chi connectivity index (χ2n) is 6.83. The van der Waals surface area contributed by atoms with Crippen LogP contribution in [0.3, 0.4) is 0 Å². The van der Waals surface area contributed by atoms with Gasteiger partial charge in [0.15, 0.2) is 0 Å². The van der Waals surface area contributed by atoms with Crippen molar-refractivity contribution in [1.82, 2.24) is 10.2 Å². The third-order valence-corrected chi connectivity index (χ3v) is 6.05. The molecule has 2 aliphatic heterocycles. The van der Waals surface area contributed by atoms with E-state index in [-0.39, 0.29) is 29.0 Å². The second kappa shape index (κ2) is 8.06. The Labute approximate surface area is 170 Å². The third kappa shape index (κ3) is 4.14. The van der Waals surface area contributed by atoms with Gasteiger partial charge < -0.3 is 20.3 Å². The Balaban J connectivity index is 1.29. The van der Waals surface area contributed by atoms with Crippen molar-refractivity contribution in [2.24, 2.45) is 0 Å². The molecule has 0 aliphatic carbocycles. The van der Waals surface area contributed by atoms with Gasteiger partial charge in [-0.3, -0.25) is 9.59 Å². The van der Waals surface area contributed by atoms with Gasteiger partial charge in [-0.05, 0) is 49.7 Å². The largest absolute Gasteiger partial charge is 0.485 e. The maximum Gasteiger partial charge on any atom is 0.264 e. The van der Waals surface area contributed by atoms with Gasteiger partial charge in [0.25, 0.3) is 5.91 Å². The average Bonchev–Trinajstić information content (AvgIpc) is 3.30. The van der Waals surface area contributed by atoms with Gasteiger partial charge in [-0.25, -0.2) is 4.39 Å². The molecule has 2 N–H and O–H groups in total. The van der Waals surface area contributed by atoms with Gasteiger partial charge >= 0.3 is 0 Å². The third-order valence-electron chi connectivity index (χ3n) is 4.76. The topological polar surface area (TPSA) is 70.7 Å². The molecule has 2 fully saturated rings. The van der Waals surface area contributed by atoms with Crippen molar-refractivity contribution in [3.8, 4) is 5.75 Å². The number of likely N-dealkylation sites (tertiary alicyclic amines) is 1. The predicted octanol–water partition coefficient (Wildman–Crippen LogP) is 3.13. The Morgan fingerprint density at radius 1 is 1.29 bits per heavy atom. The zero-order valence-electron chi connectivity index (χ0n) is 14.9. The average molecular weight is 424 g/mol. The normalized spacial score (nSPS) is 19.4. The molecule has 9 heteroatoms. The van der Waals surface area contributed by atoms with Crippen LogP contribution in [0.2, 0.25) is 5.02 Å². The molecule has 28 heavy (non-hydrogen) atoms. The van der Waals surface area contributed by atoms with Crippen molar-refractivity contribution in [2.45, 2.75) is 25.0 Å². The summed E-state index contributed by atoms with van der Waals surface area (Å²) in [6, 6.07) is 7.27. The first kappa shape index (κ1) is 19.2. The molecule has 0 saturated carbocycles. The number of anilines is 1. The summed E-state index contributed by atoms with van der Waals surface area (Å²) in [5.74, 6) is -0.185. The number of nitrogens with one attached hydrogen (secondary N) is 2. The minimum atomic E-state index is -0.424. The van der Waals surface area contributed by atoms with Gasteiger partial charge in [-0.15, -0.1) is 11.3 Å². The summed E-state index contributed by atoms with van der Waals surface area (Å²) in [6.45, 7) is 1.71. The number of carbonyl (C=O) groups is 2. The van der Waals surface area contributed by atoms with E-state index in [4.69, 9.17) is 16.3 Å². The molecule has 0 radical (unpaired) electrons. The molecule has 1 aromatic heterocycles. The van der Waals surface area contributed by atoms with E-state index in [0.29, 0.717) is 28.7 Å². The maximum atomic E-state index is 13.1. The molecule has 2 aromatic rings. The van der Waals surface area contributed by atoms with Gasteiger partial charge in [0.05, 0.1) is 34.0 Å². The highest BCUT2D eigenvalue weighted by Gasteiger charge is 2.34. The minimum Gasteiger partial charge on any atom is -0.485 e. The highest BCUT2D eigenvalue weighted by Crippen LogP contribution is 2.29. The number of carbonyl (C=O) groups excluding carboxylic acids is 2. The summed E-state index contributed by atoms with van der Waals surface area (Å²) in [4.78, 5) is 26.9. The van der Waals surface area contributed by atoms with E-state index >= 15 is 0 Å². The number of hydrogen-bond donors (Lipinski definition) is 2. The van der Waals surface area contributed by atoms with Gasteiger partial charge in [0, 0.05) is 0 Å². The van der Waals surface area contributed by atoms with Crippen LogP contribution in [0.4, 0.5) is 9.39 Å². The molecular formula is C19H19ClFN3O3S. The molecular weight excluding hydrogens is 405 g/mol. The lowest BCUT2D eigenvalue weighted by atomic mass is 10.1. The standard InChI is InChI=1S/C19H19ClFN3O3S/c20-13-8-11(21)3-4-15(13)27-12-9-24(10-12)19(26)16-5-6-17(28-16)23-18(25)14-2-1-7-22-14/h3-6,8,12,14,22H,1-2,7,9-10H2,(H,23,25)/t14-/m0/s1. The summed E-state index contributed by atoms with van der Waals surface area (Å²) >= 11 is 7.22. The van der Waals surface area contributed by atoms with Crippen LogP contribution in [0.15, 0.2) is 30.3 Å². The molecule has 0 spiro atoms. The van der Waals surface area contributed by atoms with Crippen molar-refractivity contribution < 1.29 is 18.7 Å². The van der Waals surface area contributed by atoms with E-state index in [2.05, 4.69) is 10.6 Å². The van der Waals surface area contributed by atoms with E-state index in [1.54, 1.807) is 17.0 Å². The summed E-state index contributed by atoms with van der Waals surface area (Å²) in [7, 11) is 0. The SMILES string of the molecule is O=C(Nc1ccc(C(=O)N2CC(Oc3ccc(F)cc3Cl)C2)s1)[C@@H]1CCCN1. The Morgan fingerprint density at radius 3 is 2.82 bits per heavy atom. The smallest absolute Gasteiger partial charge is 0.264 e. The fourth-order valence-corrected chi connectivity index (χ4v) is 4.31. The van der Waals surface area contributed by atoms with Crippen LogP contribution in [-0.2, 0) is 4.79 Å². The number of hydrogen-bond acceptors (Lipinski definition) is 5. The van der Waals surface area contributed by atoms with Crippen molar-refractivity contribution >= 4 is 39.8 Å². The van der Waals surface area contributed by atoms with Crippen molar-refractivity contribution in [1.29, 1.82) is 0 Å². The fraction of sp³-hybridized carbons (Fsp3) is 0.368. The van der Waals surface area contributed by atoms with Gasteiger partial charge in [0.2, 0.25) is 5.91 Å². The zero-order chi connectivity index (χ0) is 19.7. The number of amides is 2. The van der Waals surface area contributed by atoms with Crippen LogP contribution in [0.25, 0.3) is 0 Å². The number of ether oxygens (including phenoxy) is 1. The van der Waals surface area contributed by atoms with E-state index in [9.17, 15) is 14.0 Å². The zero-order valence-corrected chi connectivity index (χ0v) is 16.5. The first-order valence-electron chi connectivity index (χ1n) is 9.04. The molecule has 1 aromatic carbocycles. The van der Waals surface area contributed by atoms with Crippen LogP contribution in [0.1, 0.15) is 22.5 Å². The Morgan fingerprint density at radius 2 is 2.11 bits per heavy atom. The molecule has 2 amide bonds. The summed E-state index contributed by atoms with van der Waals surface area (Å²) in [5.41, 5.74) is 0. The number of halogens is 2. The molecule has 4 rings (SSSR count). The van der Waals surface area contributed by atoms with Crippen molar-refractivity contribution in [3.63, 3.8) is 0 Å². The van der Waals surface area contributed by atoms with Crippen LogP contribution >= 0.6 is 22.9 Å². The second-order valence-corrected chi connectivity index (χ2v) is 8.32. The molecule has 3 heterocycles. The number of rotatable bonds is 5. The molecule has 1 atom stereocenters. The van der Waals surface area contributed by atoms with Crippen LogP contribution in [-0.4, -0.2) is 48.5 Å². The van der Waals surface area contributed by atoms with E-state index in [1.807, 2.05) is 0 Å². The van der Waals surface area contributed by atoms with Crippen LogP contribution in [0.5, 0.6) is 5.75 Å². The lowest BCUT2D eigenvalue weighted by Gasteiger charge is -2.38. The van der Waals surface area contributed by atoms with Gasteiger partial charge in [-0.1, -0.05) is 11.6 Å². The van der Waals surface area contributed by atoms with E-state index in [0.717, 1.165) is 19.4 Å². The summed E-state index contributed by atoms with van der Waals surface area (Å²) < 4.78 is 18.8. The van der Waals surface area contributed by atoms with E-state index < -0.39 is 5.82 Å². The number of nitrogens with zero attached hydrogens (tertiary/aromatic N) is 1. The first-order valence-corrected chi connectivity index (χ1v) is 10.2. The predicted molar refractivity (Wildman–Crippen MR) is 106 cm³/mol. The lowest BCUT2D eigenvalue weighted by molar-refractivity contribution is -0.117.